The Morgan fingerprint density at radius 1 is 1.29 bits per heavy atom. The van der Waals surface area contributed by atoms with E-state index in [-0.39, 0.29) is 5.82 Å². The fourth-order valence-corrected chi connectivity index (χ4v) is 1.27. The van der Waals surface area contributed by atoms with Crippen LogP contribution in [-0.4, -0.2) is 9.97 Å². The number of benzene rings is 1. The molecule has 0 fully saturated rings. The molecule has 88 valence electrons. The van der Waals surface area contributed by atoms with Gasteiger partial charge in [-0.1, -0.05) is 6.07 Å². The first kappa shape index (κ1) is 11.3. The SMILES string of the molecule is Cc1ccc(F)cc1Oc1cc(NN)ncn1. The van der Waals surface area contributed by atoms with Crippen LogP contribution in [0.15, 0.2) is 30.6 Å². The van der Waals surface area contributed by atoms with Gasteiger partial charge >= 0.3 is 0 Å². The standard InChI is InChI=1S/C11H11FN4O/c1-7-2-3-8(12)4-9(7)17-11-5-10(16-13)14-6-15-11/h2-6H,13H2,1H3,(H,14,15,16). The Kier molecular flexibility index (Phi) is 3.15. The average Bonchev–Trinajstić information content (AvgIpc) is 2.34. The zero-order valence-electron chi connectivity index (χ0n) is 9.14. The number of anilines is 1. The third-order valence-electron chi connectivity index (χ3n) is 2.15. The molecule has 2 rings (SSSR count). The van der Waals surface area contributed by atoms with E-state index in [0.29, 0.717) is 17.4 Å². The van der Waals surface area contributed by atoms with Gasteiger partial charge in [0.2, 0.25) is 5.88 Å². The van der Waals surface area contributed by atoms with E-state index in [4.69, 9.17) is 10.6 Å². The minimum absolute atomic E-state index is 0.293. The second kappa shape index (κ2) is 4.75. The van der Waals surface area contributed by atoms with Crippen LogP contribution in [-0.2, 0) is 0 Å². The molecule has 17 heavy (non-hydrogen) atoms. The summed E-state index contributed by atoms with van der Waals surface area (Å²) in [6, 6.07) is 5.82. The number of hydrazine groups is 1. The van der Waals surface area contributed by atoms with Gasteiger partial charge in [0, 0.05) is 12.1 Å². The maximum atomic E-state index is 13.1. The summed E-state index contributed by atoms with van der Waals surface area (Å²) in [7, 11) is 0. The molecule has 0 spiro atoms. The summed E-state index contributed by atoms with van der Waals surface area (Å²) in [6.45, 7) is 1.82. The Morgan fingerprint density at radius 3 is 2.88 bits per heavy atom. The van der Waals surface area contributed by atoms with Crippen molar-refractivity contribution in [2.45, 2.75) is 6.92 Å². The Bertz CT molecular complexity index is 533. The van der Waals surface area contributed by atoms with Gasteiger partial charge in [-0.05, 0) is 18.6 Å². The predicted molar refractivity (Wildman–Crippen MR) is 61.1 cm³/mol. The fraction of sp³-hybridized carbons (Fsp3) is 0.0909. The number of nitrogens with zero attached hydrogens (tertiary/aromatic N) is 2. The van der Waals surface area contributed by atoms with E-state index in [1.165, 1.54) is 24.5 Å². The molecular weight excluding hydrogens is 223 g/mol. The third kappa shape index (κ3) is 2.67. The third-order valence-corrected chi connectivity index (χ3v) is 2.15. The molecule has 0 aliphatic heterocycles. The van der Waals surface area contributed by atoms with Crippen molar-refractivity contribution in [3.05, 3.63) is 42.0 Å². The Morgan fingerprint density at radius 2 is 2.12 bits per heavy atom. The summed E-state index contributed by atoms with van der Waals surface area (Å²) >= 11 is 0. The Balaban J connectivity index is 2.27. The van der Waals surface area contributed by atoms with Crippen LogP contribution in [0.25, 0.3) is 0 Å². The average molecular weight is 234 g/mol. The first-order valence-electron chi connectivity index (χ1n) is 4.91. The van der Waals surface area contributed by atoms with E-state index in [1.807, 2.05) is 6.92 Å². The van der Waals surface area contributed by atoms with Crippen molar-refractivity contribution in [3.8, 4) is 11.6 Å². The quantitative estimate of drug-likeness (QED) is 0.627. The second-order valence-corrected chi connectivity index (χ2v) is 3.40. The lowest BCUT2D eigenvalue weighted by Gasteiger charge is -2.08. The van der Waals surface area contributed by atoms with Crippen LogP contribution in [0.4, 0.5) is 10.2 Å². The van der Waals surface area contributed by atoms with Gasteiger partial charge < -0.3 is 10.2 Å². The van der Waals surface area contributed by atoms with Crippen molar-refractivity contribution in [3.63, 3.8) is 0 Å². The maximum Gasteiger partial charge on any atom is 0.224 e. The van der Waals surface area contributed by atoms with Gasteiger partial charge in [-0.2, -0.15) is 0 Å². The van der Waals surface area contributed by atoms with Gasteiger partial charge in [-0.15, -0.1) is 0 Å². The highest BCUT2D eigenvalue weighted by molar-refractivity contribution is 5.39. The topological polar surface area (TPSA) is 73.1 Å². The second-order valence-electron chi connectivity index (χ2n) is 3.40. The molecule has 0 unspecified atom stereocenters. The summed E-state index contributed by atoms with van der Waals surface area (Å²) in [5.74, 6) is 5.97. The summed E-state index contributed by atoms with van der Waals surface area (Å²) < 4.78 is 18.5. The molecule has 0 radical (unpaired) electrons. The van der Waals surface area contributed by atoms with Gasteiger partial charge in [0.05, 0.1) is 0 Å². The molecule has 0 saturated heterocycles. The molecule has 0 amide bonds. The van der Waals surface area contributed by atoms with Crippen molar-refractivity contribution < 1.29 is 9.13 Å². The number of nitrogens with two attached hydrogens (primary N) is 1. The highest BCUT2D eigenvalue weighted by Crippen LogP contribution is 2.24. The highest BCUT2D eigenvalue weighted by atomic mass is 19.1. The fourth-order valence-electron chi connectivity index (χ4n) is 1.27. The molecule has 0 aliphatic rings. The molecular formula is C11H11FN4O. The van der Waals surface area contributed by atoms with Gasteiger partial charge in [-0.25, -0.2) is 20.2 Å². The van der Waals surface area contributed by atoms with Gasteiger partial charge in [-0.3, -0.25) is 0 Å². The zero-order chi connectivity index (χ0) is 12.3. The number of rotatable bonds is 3. The molecule has 6 heteroatoms. The maximum absolute atomic E-state index is 13.1. The van der Waals surface area contributed by atoms with E-state index in [0.717, 1.165) is 5.56 Å². The van der Waals surface area contributed by atoms with Crippen LogP contribution in [0.1, 0.15) is 5.56 Å². The van der Waals surface area contributed by atoms with Crippen LogP contribution >= 0.6 is 0 Å². The smallest absolute Gasteiger partial charge is 0.224 e. The number of ether oxygens (including phenoxy) is 1. The lowest BCUT2D eigenvalue weighted by molar-refractivity contribution is 0.453. The van der Waals surface area contributed by atoms with Crippen LogP contribution < -0.4 is 16.0 Å². The van der Waals surface area contributed by atoms with Crippen LogP contribution in [0.5, 0.6) is 11.6 Å². The number of nitrogen functional groups attached to an aromatic ring is 1. The summed E-state index contributed by atoms with van der Waals surface area (Å²) in [5, 5.41) is 0. The molecule has 1 aromatic heterocycles. The number of hydrogen-bond acceptors (Lipinski definition) is 5. The number of aromatic nitrogens is 2. The normalized spacial score (nSPS) is 10.1. The van der Waals surface area contributed by atoms with Crippen molar-refractivity contribution in [1.29, 1.82) is 0 Å². The lowest BCUT2D eigenvalue weighted by Crippen LogP contribution is -2.08. The van der Waals surface area contributed by atoms with E-state index in [9.17, 15) is 4.39 Å². The molecule has 1 heterocycles. The van der Waals surface area contributed by atoms with Crippen molar-refractivity contribution in [1.82, 2.24) is 9.97 Å². The van der Waals surface area contributed by atoms with Gasteiger partial charge in [0.15, 0.2) is 0 Å². The Hall–Kier alpha value is -2.21. The molecule has 1 aromatic carbocycles. The molecule has 0 atom stereocenters. The van der Waals surface area contributed by atoms with Crippen LogP contribution in [0.2, 0.25) is 0 Å². The highest BCUT2D eigenvalue weighted by Gasteiger charge is 2.05. The van der Waals surface area contributed by atoms with Gasteiger partial charge in [0.25, 0.3) is 0 Å². The molecule has 3 N–H and O–H groups in total. The van der Waals surface area contributed by atoms with Crippen molar-refractivity contribution in [2.75, 3.05) is 5.43 Å². The number of nitrogens with one attached hydrogen (secondary N) is 1. The first-order valence-corrected chi connectivity index (χ1v) is 4.91. The summed E-state index contributed by atoms with van der Waals surface area (Å²) in [6.07, 6.45) is 1.30. The minimum Gasteiger partial charge on any atom is -0.438 e. The van der Waals surface area contributed by atoms with E-state index in [1.54, 1.807) is 6.07 Å². The Labute approximate surface area is 97.4 Å². The molecule has 0 saturated carbocycles. The van der Waals surface area contributed by atoms with Crippen LogP contribution in [0.3, 0.4) is 0 Å². The van der Waals surface area contributed by atoms with Crippen molar-refractivity contribution in [2.24, 2.45) is 5.84 Å². The van der Waals surface area contributed by atoms with E-state index < -0.39 is 0 Å². The number of hydrogen-bond donors (Lipinski definition) is 2. The molecule has 2 aromatic rings. The monoisotopic (exact) mass is 234 g/mol. The van der Waals surface area contributed by atoms with Crippen molar-refractivity contribution >= 4 is 5.82 Å². The minimum atomic E-state index is -0.364. The largest absolute Gasteiger partial charge is 0.438 e. The molecule has 0 bridgehead atoms. The molecule has 0 aliphatic carbocycles. The van der Waals surface area contributed by atoms with Crippen LogP contribution in [0, 0.1) is 12.7 Å². The summed E-state index contributed by atoms with van der Waals surface area (Å²) in [4.78, 5) is 7.74. The zero-order valence-corrected chi connectivity index (χ0v) is 9.14. The summed E-state index contributed by atoms with van der Waals surface area (Å²) in [5.41, 5.74) is 3.19. The van der Waals surface area contributed by atoms with E-state index in [2.05, 4.69) is 15.4 Å². The molecule has 5 nitrogen and oxygen atoms in total. The first-order chi connectivity index (χ1) is 8.19. The van der Waals surface area contributed by atoms with Gasteiger partial charge in [0.1, 0.15) is 23.7 Å². The number of aryl methyl sites for hydroxylation is 1. The predicted octanol–water partition coefficient (Wildman–Crippen LogP) is 2.00. The lowest BCUT2D eigenvalue weighted by atomic mass is 10.2. The number of halogens is 1. The van der Waals surface area contributed by atoms with E-state index >= 15 is 0 Å².